The number of ether oxygens (including phenoxy) is 2. The highest BCUT2D eigenvalue weighted by Crippen LogP contribution is 2.29. The van der Waals surface area contributed by atoms with Gasteiger partial charge < -0.3 is 9.47 Å². The Morgan fingerprint density at radius 3 is 1.38 bits per heavy atom. The van der Waals surface area contributed by atoms with E-state index in [1.54, 1.807) is 48.5 Å². The molecule has 2 aromatic carbocycles. The summed E-state index contributed by atoms with van der Waals surface area (Å²) in [5.41, 5.74) is 1.08. The number of carbonyl (C=O) groups is 2. The highest BCUT2D eigenvalue weighted by Gasteiger charge is 2.23. The van der Waals surface area contributed by atoms with Gasteiger partial charge in [-0.25, -0.2) is 0 Å². The predicted molar refractivity (Wildman–Crippen MR) is 130 cm³/mol. The molecular formula is C24H26N2O4S2. The van der Waals surface area contributed by atoms with Crippen molar-refractivity contribution in [2.45, 2.75) is 25.7 Å². The Bertz CT molecular complexity index is 852. The second-order valence-corrected chi connectivity index (χ2v) is 8.47. The van der Waals surface area contributed by atoms with Crippen LogP contribution in [0.2, 0.25) is 0 Å². The first-order valence-corrected chi connectivity index (χ1v) is 11.4. The van der Waals surface area contributed by atoms with Crippen molar-refractivity contribution in [1.82, 2.24) is 10.6 Å². The topological polar surface area (TPSA) is 76.7 Å². The van der Waals surface area contributed by atoms with Crippen LogP contribution in [0.3, 0.4) is 0 Å². The minimum Gasteiger partial charge on any atom is -0.470 e. The van der Waals surface area contributed by atoms with Crippen molar-refractivity contribution in [3.63, 3.8) is 0 Å². The second-order valence-electron chi connectivity index (χ2n) is 7.72. The first kappa shape index (κ1) is 23.8. The summed E-state index contributed by atoms with van der Waals surface area (Å²) in [5.74, 6) is 0.212. The Balaban J connectivity index is 1.29. The highest BCUT2D eigenvalue weighted by molar-refractivity contribution is 7.80. The molecule has 1 saturated carbocycles. The Kier molecular flexibility index (Phi) is 9.13. The molecule has 2 amide bonds. The molecule has 2 aromatic rings. The molecule has 0 bridgehead atoms. The molecule has 1 aliphatic carbocycles. The van der Waals surface area contributed by atoms with Crippen molar-refractivity contribution in [2.24, 2.45) is 11.8 Å². The van der Waals surface area contributed by atoms with Gasteiger partial charge in [-0.1, -0.05) is 36.4 Å². The van der Waals surface area contributed by atoms with Gasteiger partial charge in [0.1, 0.15) is 0 Å². The number of nitrogens with one attached hydrogen (secondary N) is 2. The molecule has 0 aliphatic heterocycles. The standard InChI is InChI=1S/C24H26N2O4S2/c27-21(19-7-3-1-4-8-19)25-23(31)29-15-17-11-13-18(14-12-17)16-30-24(32)26-22(28)20-9-5-2-6-10-20/h1-10,17-18H,11-16H2,(H,25,27,31)(H,26,28,32). The largest absolute Gasteiger partial charge is 0.470 e. The molecular weight excluding hydrogens is 444 g/mol. The lowest BCUT2D eigenvalue weighted by molar-refractivity contribution is 0.0942. The zero-order valence-corrected chi connectivity index (χ0v) is 19.3. The van der Waals surface area contributed by atoms with E-state index in [2.05, 4.69) is 10.6 Å². The zero-order valence-electron chi connectivity index (χ0n) is 17.6. The van der Waals surface area contributed by atoms with Crippen LogP contribution in [0, 0.1) is 11.8 Å². The van der Waals surface area contributed by atoms with Crippen molar-refractivity contribution in [2.75, 3.05) is 13.2 Å². The molecule has 0 heterocycles. The molecule has 0 unspecified atom stereocenters. The van der Waals surface area contributed by atoms with Crippen molar-refractivity contribution in [3.8, 4) is 0 Å². The molecule has 2 N–H and O–H groups in total. The fraction of sp³-hybridized carbons (Fsp3) is 0.333. The predicted octanol–water partition coefficient (Wildman–Crippen LogP) is 4.26. The van der Waals surface area contributed by atoms with Crippen LogP contribution in [-0.2, 0) is 9.47 Å². The minimum absolute atomic E-state index is 0.101. The maximum Gasteiger partial charge on any atom is 0.263 e. The summed E-state index contributed by atoms with van der Waals surface area (Å²) in [6, 6.07) is 17.8. The average molecular weight is 471 g/mol. The highest BCUT2D eigenvalue weighted by atomic mass is 32.1. The molecule has 1 aliphatic rings. The Hall–Kier alpha value is -2.84. The van der Waals surface area contributed by atoms with Crippen LogP contribution in [0.4, 0.5) is 0 Å². The SMILES string of the molecule is O=C(NC(=S)OCC1CCC(COC(=S)NC(=O)c2ccccc2)CC1)c1ccccc1. The van der Waals surface area contributed by atoms with Crippen LogP contribution in [-0.4, -0.2) is 35.4 Å². The fourth-order valence-corrected chi connectivity index (χ4v) is 3.85. The van der Waals surface area contributed by atoms with Gasteiger partial charge in [0.2, 0.25) is 0 Å². The van der Waals surface area contributed by atoms with E-state index in [9.17, 15) is 9.59 Å². The molecule has 0 saturated heterocycles. The molecule has 0 aromatic heterocycles. The molecule has 32 heavy (non-hydrogen) atoms. The summed E-state index contributed by atoms with van der Waals surface area (Å²) < 4.78 is 11.2. The van der Waals surface area contributed by atoms with E-state index in [-0.39, 0.29) is 22.2 Å². The minimum atomic E-state index is -0.271. The lowest BCUT2D eigenvalue weighted by Crippen LogP contribution is -2.33. The lowest BCUT2D eigenvalue weighted by Gasteiger charge is -2.28. The Morgan fingerprint density at radius 1 is 0.688 bits per heavy atom. The van der Waals surface area contributed by atoms with Gasteiger partial charge in [0.25, 0.3) is 22.2 Å². The van der Waals surface area contributed by atoms with E-state index < -0.39 is 0 Å². The van der Waals surface area contributed by atoms with E-state index in [1.807, 2.05) is 12.1 Å². The van der Waals surface area contributed by atoms with Crippen LogP contribution in [0.5, 0.6) is 0 Å². The van der Waals surface area contributed by atoms with Crippen LogP contribution < -0.4 is 10.6 Å². The maximum absolute atomic E-state index is 12.1. The molecule has 6 nitrogen and oxygen atoms in total. The number of amides is 2. The molecule has 0 spiro atoms. The van der Waals surface area contributed by atoms with Gasteiger partial charge in [-0.05, 0) is 86.2 Å². The van der Waals surface area contributed by atoms with Crippen LogP contribution in [0.25, 0.3) is 0 Å². The number of hydrogen-bond acceptors (Lipinski definition) is 6. The summed E-state index contributed by atoms with van der Waals surface area (Å²) >= 11 is 10.3. The summed E-state index contributed by atoms with van der Waals surface area (Å²) in [6.07, 6.45) is 3.91. The van der Waals surface area contributed by atoms with Crippen molar-refractivity contribution < 1.29 is 19.1 Å². The third kappa shape index (κ3) is 7.69. The second kappa shape index (κ2) is 12.3. The fourth-order valence-electron chi connectivity index (χ4n) is 3.53. The molecule has 0 radical (unpaired) electrons. The zero-order chi connectivity index (χ0) is 22.8. The molecule has 3 rings (SSSR count). The van der Waals surface area contributed by atoms with Crippen molar-refractivity contribution in [1.29, 1.82) is 0 Å². The average Bonchev–Trinajstić information content (AvgIpc) is 2.83. The monoisotopic (exact) mass is 470 g/mol. The Labute approximate surface area is 198 Å². The van der Waals surface area contributed by atoms with Gasteiger partial charge in [0, 0.05) is 11.1 Å². The van der Waals surface area contributed by atoms with Crippen molar-refractivity contribution in [3.05, 3.63) is 71.8 Å². The summed E-state index contributed by atoms with van der Waals surface area (Å²) in [6.45, 7) is 0.958. The van der Waals surface area contributed by atoms with Gasteiger partial charge >= 0.3 is 0 Å². The van der Waals surface area contributed by atoms with E-state index in [0.29, 0.717) is 36.2 Å². The smallest absolute Gasteiger partial charge is 0.263 e. The first-order chi connectivity index (χ1) is 15.5. The number of thiocarbonyl (C=S) groups is 2. The number of benzene rings is 2. The summed E-state index contributed by atoms with van der Waals surface area (Å²) in [7, 11) is 0. The molecule has 1 fully saturated rings. The number of carbonyl (C=O) groups excluding carboxylic acids is 2. The lowest BCUT2D eigenvalue weighted by atomic mass is 9.83. The van der Waals surface area contributed by atoms with Gasteiger partial charge in [0.05, 0.1) is 13.2 Å². The molecule has 0 atom stereocenters. The van der Waals surface area contributed by atoms with E-state index in [0.717, 1.165) is 25.7 Å². The first-order valence-electron chi connectivity index (χ1n) is 10.6. The molecule has 8 heteroatoms. The van der Waals surface area contributed by atoms with E-state index in [4.69, 9.17) is 33.9 Å². The quantitative estimate of drug-likeness (QED) is 0.615. The van der Waals surface area contributed by atoms with Crippen LogP contribution in [0.1, 0.15) is 46.4 Å². The van der Waals surface area contributed by atoms with Crippen LogP contribution in [0.15, 0.2) is 60.7 Å². The summed E-state index contributed by atoms with van der Waals surface area (Å²) in [4.78, 5) is 24.2. The third-order valence-corrected chi connectivity index (χ3v) is 5.81. The maximum atomic E-state index is 12.1. The number of hydrogen-bond donors (Lipinski definition) is 2. The van der Waals surface area contributed by atoms with E-state index >= 15 is 0 Å². The summed E-state index contributed by atoms with van der Waals surface area (Å²) in [5, 5.41) is 5.41. The van der Waals surface area contributed by atoms with Gasteiger partial charge in [0.15, 0.2) is 0 Å². The van der Waals surface area contributed by atoms with Gasteiger partial charge in [-0.3, -0.25) is 20.2 Å². The van der Waals surface area contributed by atoms with Gasteiger partial charge in [-0.15, -0.1) is 0 Å². The van der Waals surface area contributed by atoms with E-state index in [1.165, 1.54) is 0 Å². The van der Waals surface area contributed by atoms with Crippen LogP contribution >= 0.6 is 24.4 Å². The van der Waals surface area contributed by atoms with Gasteiger partial charge in [-0.2, -0.15) is 0 Å². The van der Waals surface area contributed by atoms with Crippen molar-refractivity contribution >= 4 is 46.6 Å². The normalized spacial score (nSPS) is 17.6. The number of rotatable bonds is 6. The third-order valence-electron chi connectivity index (χ3n) is 5.37. The Morgan fingerprint density at radius 2 is 1.03 bits per heavy atom. The molecule has 168 valence electrons.